The summed E-state index contributed by atoms with van der Waals surface area (Å²) in [7, 11) is 0. The number of benzene rings is 1. The first kappa shape index (κ1) is 26.9. The first-order valence-electron chi connectivity index (χ1n) is 13.5. The van der Waals surface area contributed by atoms with Crippen molar-refractivity contribution in [2.45, 2.75) is 75.7 Å². The van der Waals surface area contributed by atoms with Crippen molar-refractivity contribution in [1.82, 2.24) is 9.97 Å². The van der Waals surface area contributed by atoms with E-state index in [1.54, 1.807) is 18.6 Å². The molecule has 4 heterocycles. The molecule has 6 rings (SSSR count). The van der Waals surface area contributed by atoms with Crippen molar-refractivity contribution in [2.75, 3.05) is 26.2 Å². The Balaban J connectivity index is 0.00000304. The molecule has 2 aromatic rings. The Labute approximate surface area is 225 Å². The van der Waals surface area contributed by atoms with Gasteiger partial charge in [0.1, 0.15) is 12.2 Å². The third kappa shape index (κ3) is 5.72. The van der Waals surface area contributed by atoms with Crippen LogP contribution in [-0.4, -0.2) is 58.5 Å². The number of fused-ring (bicyclic) bond motifs is 3. The third-order valence-electron chi connectivity index (χ3n) is 8.86. The van der Waals surface area contributed by atoms with Gasteiger partial charge in [-0.05, 0) is 18.4 Å². The molecular weight excluding hydrogens is 518 g/mol. The summed E-state index contributed by atoms with van der Waals surface area (Å²) in [6.07, 6.45) is 14.6. The van der Waals surface area contributed by atoms with E-state index < -0.39 is 5.41 Å². The van der Waals surface area contributed by atoms with E-state index in [2.05, 4.69) is 22.1 Å². The summed E-state index contributed by atoms with van der Waals surface area (Å²) in [5.74, 6) is 0.531. The Hall–Kier alpha value is -2.12. The summed E-state index contributed by atoms with van der Waals surface area (Å²) in [5, 5.41) is 0. The summed E-state index contributed by atoms with van der Waals surface area (Å²) in [5.41, 5.74) is 1.07. The number of ketones is 1. The second kappa shape index (κ2) is 12.0. The molecule has 194 valence electrons. The maximum Gasteiger partial charge on any atom is 0.317 e. The average Bonchev–Trinajstić information content (AvgIpc) is 3.17. The molecule has 3 saturated heterocycles. The number of halogens is 1. The normalized spacial score (nSPS) is 26.9. The quantitative estimate of drug-likeness (QED) is 0.215. The summed E-state index contributed by atoms with van der Waals surface area (Å²) in [6, 6.07) is 10.4. The van der Waals surface area contributed by atoms with Gasteiger partial charge in [0, 0.05) is 44.0 Å². The number of hydrogen-bond acceptors (Lipinski definition) is 5. The maximum absolute atomic E-state index is 13.9. The Morgan fingerprint density at radius 2 is 1.72 bits per heavy atom. The van der Waals surface area contributed by atoms with Gasteiger partial charge in [0.05, 0.1) is 31.2 Å². The van der Waals surface area contributed by atoms with Gasteiger partial charge in [0.15, 0.2) is 11.9 Å². The molecule has 7 heteroatoms. The fourth-order valence-electron chi connectivity index (χ4n) is 6.77. The number of Topliss-reactive ketones (excluding diaryl/α,β-unsaturated/α-hetero) is 1. The van der Waals surface area contributed by atoms with Crippen LogP contribution in [0.5, 0.6) is 0 Å². The largest absolute Gasteiger partial charge is 1.00 e. The number of esters is 1. The lowest BCUT2D eigenvalue weighted by molar-refractivity contribution is -0.946. The first-order chi connectivity index (χ1) is 17.1. The molecule has 1 saturated carbocycles. The molecule has 0 amide bonds. The van der Waals surface area contributed by atoms with Crippen LogP contribution in [0.15, 0.2) is 48.9 Å². The van der Waals surface area contributed by atoms with Gasteiger partial charge in [0.2, 0.25) is 0 Å². The SMILES string of the molecule is O=C(CCC[N+]12CCC(CC1)[C@@H](OC(=O)C1(c3ccccc3)CCCCCC1)C2)c1cnccn1.[Br-]. The molecule has 1 aliphatic carbocycles. The van der Waals surface area contributed by atoms with E-state index >= 15 is 0 Å². The van der Waals surface area contributed by atoms with E-state index in [0.717, 1.165) is 81.2 Å². The highest BCUT2D eigenvalue weighted by Gasteiger charge is 2.50. The lowest BCUT2D eigenvalue weighted by Gasteiger charge is -2.52. The monoisotopic (exact) mass is 555 g/mol. The molecular formula is C29H38BrN3O3. The van der Waals surface area contributed by atoms with Crippen LogP contribution in [0.25, 0.3) is 0 Å². The summed E-state index contributed by atoms with van der Waals surface area (Å²) >= 11 is 0. The van der Waals surface area contributed by atoms with E-state index in [1.165, 1.54) is 12.8 Å². The number of rotatable bonds is 8. The second-order valence-corrected chi connectivity index (χ2v) is 11.0. The summed E-state index contributed by atoms with van der Waals surface area (Å²) < 4.78 is 7.43. The van der Waals surface area contributed by atoms with Gasteiger partial charge in [-0.15, -0.1) is 0 Å². The van der Waals surface area contributed by atoms with Crippen molar-refractivity contribution in [3.8, 4) is 0 Å². The van der Waals surface area contributed by atoms with Crippen LogP contribution < -0.4 is 17.0 Å². The Bertz CT molecular complexity index is 1000. The average molecular weight is 557 g/mol. The number of hydrogen-bond donors (Lipinski definition) is 0. The lowest BCUT2D eigenvalue weighted by Crippen LogP contribution is -3.00. The zero-order valence-electron chi connectivity index (χ0n) is 21.1. The molecule has 0 N–H and O–H groups in total. The number of quaternary nitrogens is 1. The molecule has 3 aliphatic heterocycles. The number of piperidine rings is 3. The Kier molecular flexibility index (Phi) is 8.94. The highest BCUT2D eigenvalue weighted by atomic mass is 79.9. The topological polar surface area (TPSA) is 69.2 Å². The predicted molar refractivity (Wildman–Crippen MR) is 134 cm³/mol. The zero-order valence-corrected chi connectivity index (χ0v) is 22.7. The number of carbonyl (C=O) groups excluding carboxylic acids is 2. The van der Waals surface area contributed by atoms with Crippen molar-refractivity contribution in [3.63, 3.8) is 0 Å². The summed E-state index contributed by atoms with van der Waals surface area (Å²) in [6.45, 7) is 4.10. The maximum atomic E-state index is 13.9. The number of ether oxygens (including phenoxy) is 1. The predicted octanol–water partition coefficient (Wildman–Crippen LogP) is 1.89. The second-order valence-electron chi connectivity index (χ2n) is 11.0. The van der Waals surface area contributed by atoms with Crippen molar-refractivity contribution in [1.29, 1.82) is 0 Å². The molecule has 36 heavy (non-hydrogen) atoms. The van der Waals surface area contributed by atoms with Crippen LogP contribution >= 0.6 is 0 Å². The highest BCUT2D eigenvalue weighted by molar-refractivity contribution is 5.93. The van der Waals surface area contributed by atoms with Crippen LogP contribution in [-0.2, 0) is 14.9 Å². The van der Waals surface area contributed by atoms with Crippen molar-refractivity contribution in [2.24, 2.45) is 5.92 Å². The van der Waals surface area contributed by atoms with Crippen molar-refractivity contribution >= 4 is 11.8 Å². The van der Waals surface area contributed by atoms with E-state index in [0.29, 0.717) is 18.0 Å². The van der Waals surface area contributed by atoms with Crippen LogP contribution in [0.1, 0.15) is 80.3 Å². The number of nitrogens with zero attached hydrogens (tertiary/aromatic N) is 3. The first-order valence-corrected chi connectivity index (χ1v) is 13.5. The zero-order chi connectivity index (χ0) is 24.1. The number of aromatic nitrogens is 2. The van der Waals surface area contributed by atoms with Crippen LogP contribution in [0.2, 0.25) is 0 Å². The molecule has 0 spiro atoms. The van der Waals surface area contributed by atoms with Gasteiger partial charge >= 0.3 is 5.97 Å². The third-order valence-corrected chi connectivity index (χ3v) is 8.86. The molecule has 1 atom stereocenters. The smallest absolute Gasteiger partial charge is 0.317 e. The highest BCUT2D eigenvalue weighted by Crippen LogP contribution is 2.42. The van der Waals surface area contributed by atoms with Crippen molar-refractivity contribution in [3.05, 3.63) is 60.2 Å². The van der Waals surface area contributed by atoms with Crippen LogP contribution in [0.4, 0.5) is 0 Å². The van der Waals surface area contributed by atoms with Gasteiger partial charge in [-0.25, -0.2) is 4.98 Å². The van der Waals surface area contributed by atoms with Gasteiger partial charge in [0.25, 0.3) is 0 Å². The molecule has 6 nitrogen and oxygen atoms in total. The fourth-order valence-corrected chi connectivity index (χ4v) is 6.77. The molecule has 0 unspecified atom stereocenters. The summed E-state index contributed by atoms with van der Waals surface area (Å²) in [4.78, 5) is 34.5. The van der Waals surface area contributed by atoms with Crippen LogP contribution in [0, 0.1) is 5.92 Å². The lowest BCUT2D eigenvalue weighted by atomic mass is 9.74. The Morgan fingerprint density at radius 1 is 1.00 bits per heavy atom. The van der Waals surface area contributed by atoms with Gasteiger partial charge in [-0.2, -0.15) is 0 Å². The minimum absolute atomic E-state index is 0. The minimum Gasteiger partial charge on any atom is -1.00 e. The van der Waals surface area contributed by atoms with Gasteiger partial charge in [-0.1, -0.05) is 56.0 Å². The molecule has 4 aliphatic rings. The molecule has 4 fully saturated rings. The van der Waals surface area contributed by atoms with E-state index in [1.807, 2.05) is 18.2 Å². The number of carbonyl (C=O) groups is 2. The standard InChI is InChI=1S/C29H38N3O3.BrH/c33-26(25-21-30-16-17-31-25)11-8-18-32-19-12-23(13-20-32)27(22-32)35-28(34)29(14-6-1-2-7-15-29)24-9-4-3-5-10-24;/h3-5,9-10,16-17,21,23,27H,1-2,6-8,11-15,18-20,22H2;1H/q+1;/p-1/t23?,27-,32?;/m0./s1. The molecule has 0 radical (unpaired) electrons. The molecule has 1 aromatic carbocycles. The Morgan fingerprint density at radius 3 is 2.39 bits per heavy atom. The van der Waals surface area contributed by atoms with Crippen molar-refractivity contribution < 1.29 is 35.8 Å². The fraction of sp³-hybridized carbons (Fsp3) is 0.586. The van der Waals surface area contributed by atoms with E-state index in [-0.39, 0.29) is 34.8 Å². The van der Waals surface area contributed by atoms with Crippen LogP contribution in [0.3, 0.4) is 0 Å². The van der Waals surface area contributed by atoms with Gasteiger partial charge in [-0.3, -0.25) is 14.6 Å². The minimum atomic E-state index is -0.502. The van der Waals surface area contributed by atoms with E-state index in [9.17, 15) is 9.59 Å². The molecule has 2 bridgehead atoms. The molecule has 1 aromatic heterocycles. The van der Waals surface area contributed by atoms with E-state index in [4.69, 9.17) is 4.74 Å². The van der Waals surface area contributed by atoms with Gasteiger partial charge < -0.3 is 26.2 Å².